The summed E-state index contributed by atoms with van der Waals surface area (Å²) in [4.78, 5) is 2.47. The van der Waals surface area contributed by atoms with Crippen molar-refractivity contribution in [2.45, 2.75) is 25.5 Å². The highest BCUT2D eigenvalue weighted by molar-refractivity contribution is 9.10. The lowest BCUT2D eigenvalue weighted by atomic mass is 10.1. The number of hydrogen-bond acceptors (Lipinski definition) is 3. The fourth-order valence-electron chi connectivity index (χ4n) is 2.11. The number of nitrogens with two attached hydrogens (primary N) is 1. The molecule has 0 aromatic heterocycles. The average Bonchev–Trinajstić information content (AvgIpc) is 2.34. The van der Waals surface area contributed by atoms with Gasteiger partial charge in [0.2, 0.25) is 0 Å². The van der Waals surface area contributed by atoms with Gasteiger partial charge in [-0.05, 0) is 47.0 Å². The van der Waals surface area contributed by atoms with Gasteiger partial charge in [0.05, 0.1) is 5.69 Å². The molecule has 2 nitrogen and oxygen atoms in total. The number of thioether (sulfide) groups is 1. The van der Waals surface area contributed by atoms with Crippen LogP contribution in [-0.2, 0) is 0 Å². The molecule has 1 heterocycles. The maximum atomic E-state index is 5.92. The molecule has 1 aromatic rings. The minimum atomic E-state index is 0.758. The molecule has 1 aliphatic rings. The number of benzene rings is 1. The molecule has 0 amide bonds. The van der Waals surface area contributed by atoms with Crippen LogP contribution >= 0.6 is 27.7 Å². The molecular weight excluding hydrogens is 296 g/mol. The lowest BCUT2D eigenvalue weighted by Crippen LogP contribution is -2.37. The summed E-state index contributed by atoms with van der Waals surface area (Å²) in [6, 6.07) is 4.22. The Bertz CT molecular complexity index is 409. The normalized spacial score (nSPS) is 20.6. The van der Waals surface area contributed by atoms with Crippen molar-refractivity contribution in [3.8, 4) is 0 Å². The van der Waals surface area contributed by atoms with Gasteiger partial charge in [-0.25, -0.2) is 0 Å². The van der Waals surface area contributed by atoms with Gasteiger partial charge >= 0.3 is 0 Å². The van der Waals surface area contributed by atoms with E-state index >= 15 is 0 Å². The van der Waals surface area contributed by atoms with Crippen molar-refractivity contribution in [2.75, 3.05) is 29.5 Å². The van der Waals surface area contributed by atoms with E-state index < -0.39 is 0 Å². The molecule has 0 radical (unpaired) electrons. The largest absolute Gasteiger partial charge is 0.398 e. The molecule has 0 bridgehead atoms. The van der Waals surface area contributed by atoms with Crippen LogP contribution in [0.3, 0.4) is 0 Å². The van der Waals surface area contributed by atoms with Gasteiger partial charge in [0.25, 0.3) is 0 Å². The summed E-state index contributed by atoms with van der Waals surface area (Å²) in [6.07, 6.45) is 1.24. The molecule has 94 valence electrons. The number of aryl methyl sites for hydroxylation is 1. The second-order valence-electron chi connectivity index (χ2n) is 4.51. The van der Waals surface area contributed by atoms with Crippen LogP contribution in [0.25, 0.3) is 0 Å². The average molecular weight is 315 g/mol. The molecule has 2 N–H and O–H groups in total. The van der Waals surface area contributed by atoms with Crippen molar-refractivity contribution in [3.63, 3.8) is 0 Å². The van der Waals surface area contributed by atoms with Gasteiger partial charge in [-0.1, -0.05) is 6.92 Å². The second kappa shape index (κ2) is 5.53. The smallest absolute Gasteiger partial charge is 0.0515 e. The molecule has 1 fully saturated rings. The molecule has 0 saturated carbocycles. The number of nitrogens with zero attached hydrogens (tertiary/aromatic N) is 1. The maximum Gasteiger partial charge on any atom is 0.0515 e. The van der Waals surface area contributed by atoms with E-state index in [9.17, 15) is 0 Å². The second-order valence-corrected chi connectivity index (χ2v) is 6.77. The van der Waals surface area contributed by atoms with Gasteiger partial charge in [-0.3, -0.25) is 0 Å². The van der Waals surface area contributed by atoms with Crippen molar-refractivity contribution in [2.24, 2.45) is 0 Å². The molecule has 1 aromatic carbocycles. The topological polar surface area (TPSA) is 29.3 Å². The predicted octanol–water partition coefficient (Wildman–Crippen LogP) is 3.67. The third-order valence-electron chi connectivity index (χ3n) is 3.27. The van der Waals surface area contributed by atoms with E-state index in [-0.39, 0.29) is 0 Å². The van der Waals surface area contributed by atoms with Crippen molar-refractivity contribution < 1.29 is 0 Å². The third-order valence-corrected chi connectivity index (χ3v) is 5.28. The first-order valence-corrected chi connectivity index (χ1v) is 7.88. The number of anilines is 2. The van der Waals surface area contributed by atoms with E-state index in [1.807, 2.05) is 6.07 Å². The summed E-state index contributed by atoms with van der Waals surface area (Å²) >= 11 is 5.72. The molecule has 1 atom stereocenters. The van der Waals surface area contributed by atoms with Gasteiger partial charge < -0.3 is 10.6 Å². The molecule has 17 heavy (non-hydrogen) atoms. The van der Waals surface area contributed by atoms with E-state index in [2.05, 4.69) is 52.5 Å². The van der Waals surface area contributed by atoms with Gasteiger partial charge in [0.15, 0.2) is 0 Å². The van der Waals surface area contributed by atoms with Crippen LogP contribution in [0.2, 0.25) is 0 Å². The van der Waals surface area contributed by atoms with Crippen molar-refractivity contribution in [3.05, 3.63) is 22.2 Å². The lowest BCUT2D eigenvalue weighted by Gasteiger charge is -2.34. The van der Waals surface area contributed by atoms with Gasteiger partial charge in [-0.15, -0.1) is 0 Å². The Morgan fingerprint density at radius 2 is 2.29 bits per heavy atom. The molecule has 1 saturated heterocycles. The number of hydrogen-bond donors (Lipinski definition) is 1. The van der Waals surface area contributed by atoms with Crippen molar-refractivity contribution in [1.82, 2.24) is 0 Å². The standard InChI is InChI=1S/C13H19BrN2S/c1-3-10-8-16(4-5-17-10)13-6-9(2)12(15)7-11(13)14/h6-7,10H,3-5,8,15H2,1-2H3. The summed E-state index contributed by atoms with van der Waals surface area (Å²) in [7, 11) is 0. The van der Waals surface area contributed by atoms with Crippen LogP contribution in [0.4, 0.5) is 11.4 Å². The SMILES string of the molecule is CCC1CN(c2cc(C)c(N)cc2Br)CCS1. The van der Waals surface area contributed by atoms with Crippen molar-refractivity contribution in [1.29, 1.82) is 0 Å². The maximum absolute atomic E-state index is 5.92. The molecule has 1 unspecified atom stereocenters. The highest BCUT2D eigenvalue weighted by Gasteiger charge is 2.21. The van der Waals surface area contributed by atoms with Crippen LogP contribution in [0.15, 0.2) is 16.6 Å². The predicted molar refractivity (Wildman–Crippen MR) is 82.0 cm³/mol. The summed E-state index contributed by atoms with van der Waals surface area (Å²) in [6.45, 7) is 6.61. The molecule has 2 rings (SSSR count). The van der Waals surface area contributed by atoms with Crippen LogP contribution in [0.5, 0.6) is 0 Å². The molecule has 0 aliphatic carbocycles. The fourth-order valence-corrected chi connectivity index (χ4v) is 3.90. The van der Waals surface area contributed by atoms with Gasteiger partial charge in [0, 0.05) is 34.3 Å². The Kier molecular flexibility index (Phi) is 4.26. The Balaban J connectivity index is 2.24. The first-order valence-electron chi connectivity index (χ1n) is 6.04. The van der Waals surface area contributed by atoms with E-state index in [1.165, 1.54) is 17.9 Å². The lowest BCUT2D eigenvalue weighted by molar-refractivity contribution is 0.727. The van der Waals surface area contributed by atoms with E-state index in [0.29, 0.717) is 0 Å². The third kappa shape index (κ3) is 2.91. The number of nitrogen functional groups attached to an aromatic ring is 1. The molecule has 0 spiro atoms. The Morgan fingerprint density at radius 3 is 3.00 bits per heavy atom. The zero-order valence-corrected chi connectivity index (χ0v) is 12.8. The highest BCUT2D eigenvalue weighted by atomic mass is 79.9. The van der Waals surface area contributed by atoms with E-state index in [4.69, 9.17) is 5.73 Å². The van der Waals surface area contributed by atoms with Crippen molar-refractivity contribution >= 4 is 39.1 Å². The Morgan fingerprint density at radius 1 is 1.53 bits per heavy atom. The fraction of sp³-hybridized carbons (Fsp3) is 0.538. The highest BCUT2D eigenvalue weighted by Crippen LogP contribution is 2.34. The first kappa shape index (κ1) is 13.1. The zero-order chi connectivity index (χ0) is 12.4. The van der Waals surface area contributed by atoms with Crippen LogP contribution in [0.1, 0.15) is 18.9 Å². The minimum Gasteiger partial charge on any atom is -0.398 e. The molecule has 1 aliphatic heterocycles. The number of halogens is 1. The summed E-state index contributed by atoms with van der Waals surface area (Å²) < 4.78 is 1.11. The Labute approximate surface area is 116 Å². The first-order chi connectivity index (χ1) is 8.11. The van der Waals surface area contributed by atoms with Gasteiger partial charge in [-0.2, -0.15) is 11.8 Å². The Hall–Kier alpha value is -0.350. The molecule has 4 heteroatoms. The zero-order valence-electron chi connectivity index (χ0n) is 10.4. The van der Waals surface area contributed by atoms with Crippen LogP contribution < -0.4 is 10.6 Å². The summed E-state index contributed by atoms with van der Waals surface area (Å²) in [5, 5.41) is 0.758. The van der Waals surface area contributed by atoms with Crippen LogP contribution in [0, 0.1) is 6.92 Å². The molecular formula is C13H19BrN2S. The van der Waals surface area contributed by atoms with Gasteiger partial charge in [0.1, 0.15) is 0 Å². The van der Waals surface area contributed by atoms with E-state index in [1.54, 1.807) is 0 Å². The summed E-state index contributed by atoms with van der Waals surface area (Å²) in [5.41, 5.74) is 9.23. The quantitative estimate of drug-likeness (QED) is 0.844. The van der Waals surface area contributed by atoms with E-state index in [0.717, 1.165) is 34.1 Å². The monoisotopic (exact) mass is 314 g/mol. The van der Waals surface area contributed by atoms with Crippen LogP contribution in [-0.4, -0.2) is 24.1 Å². The summed E-state index contributed by atoms with van der Waals surface area (Å²) in [5.74, 6) is 1.22. The minimum absolute atomic E-state index is 0.758. The number of rotatable bonds is 2.